The van der Waals surface area contributed by atoms with Crippen LogP contribution in [-0.2, 0) is 18.9 Å². The Morgan fingerprint density at radius 2 is 1.38 bits per heavy atom. The Morgan fingerprint density at radius 1 is 0.812 bits per heavy atom. The van der Waals surface area contributed by atoms with E-state index in [1.807, 2.05) is 17.7 Å². The second-order valence-corrected chi connectivity index (χ2v) is 8.16. The fraction of sp³-hybridized carbons (Fsp3) is 0.720. The van der Waals surface area contributed by atoms with Crippen molar-refractivity contribution in [2.24, 2.45) is 0 Å². The molecule has 0 aliphatic carbocycles. The molecule has 1 aromatic heterocycles. The molecule has 32 heavy (non-hydrogen) atoms. The highest BCUT2D eigenvalue weighted by atomic mass is 32.1. The van der Waals surface area contributed by atoms with Crippen molar-refractivity contribution in [2.45, 2.75) is 64.7 Å². The third-order valence-corrected chi connectivity index (χ3v) is 5.39. The Balaban J connectivity index is 1.71. The lowest BCUT2D eigenvalue weighted by Crippen LogP contribution is -2.16. The molecule has 0 fully saturated rings. The zero-order chi connectivity index (χ0) is 23.0. The predicted molar refractivity (Wildman–Crippen MR) is 130 cm³/mol. The van der Waals surface area contributed by atoms with Crippen LogP contribution in [0, 0.1) is 12.0 Å². The van der Waals surface area contributed by atoms with Crippen molar-refractivity contribution in [1.82, 2.24) is 5.32 Å². The number of thiophene rings is 1. The number of carbonyl (C=O) groups excluding carboxylic acids is 1. The second-order valence-electron chi connectivity index (χ2n) is 7.38. The van der Waals surface area contributed by atoms with Gasteiger partial charge < -0.3 is 18.9 Å². The molecule has 0 bridgehead atoms. The average molecular weight is 468 g/mol. The first-order valence-corrected chi connectivity index (χ1v) is 12.9. The summed E-state index contributed by atoms with van der Waals surface area (Å²) in [4.78, 5) is 11.7. The Bertz CT molecular complexity index is 597. The van der Waals surface area contributed by atoms with Crippen LogP contribution >= 0.6 is 11.3 Å². The maximum absolute atomic E-state index is 11.7. The molecule has 1 aromatic rings. The van der Waals surface area contributed by atoms with Gasteiger partial charge in [0.05, 0.1) is 45.2 Å². The first-order chi connectivity index (χ1) is 15.8. The topological polar surface area (TPSA) is 66.0 Å². The Labute approximate surface area is 198 Å². The van der Waals surface area contributed by atoms with Gasteiger partial charge in [0.1, 0.15) is 0 Å². The lowest BCUT2D eigenvalue weighted by molar-refractivity contribution is -0.000841. The van der Waals surface area contributed by atoms with Crippen molar-refractivity contribution < 1.29 is 23.7 Å². The SMILES string of the molecule is CCOCCOCCOCCOCCCCCCCCCCC#CNC(=O)c1ccsc1. The van der Waals surface area contributed by atoms with E-state index in [-0.39, 0.29) is 5.91 Å². The molecule has 0 aliphatic rings. The van der Waals surface area contributed by atoms with E-state index in [0.29, 0.717) is 45.2 Å². The van der Waals surface area contributed by atoms with Gasteiger partial charge in [-0.2, -0.15) is 11.3 Å². The smallest absolute Gasteiger partial charge is 0.263 e. The molecule has 1 amide bonds. The average Bonchev–Trinajstić information content (AvgIpc) is 3.34. The molecule has 0 saturated carbocycles. The molecule has 0 spiro atoms. The number of nitrogens with one attached hydrogen (secondary N) is 1. The molecule has 0 unspecified atom stereocenters. The van der Waals surface area contributed by atoms with Crippen LogP contribution in [0.1, 0.15) is 75.1 Å². The molecule has 182 valence electrons. The highest BCUT2D eigenvalue weighted by Crippen LogP contribution is 2.09. The molecule has 0 atom stereocenters. The van der Waals surface area contributed by atoms with Crippen molar-refractivity contribution in [3.63, 3.8) is 0 Å². The third-order valence-electron chi connectivity index (χ3n) is 4.71. The van der Waals surface area contributed by atoms with E-state index >= 15 is 0 Å². The van der Waals surface area contributed by atoms with Crippen LogP contribution in [0.15, 0.2) is 16.8 Å². The van der Waals surface area contributed by atoms with Gasteiger partial charge in [-0.05, 0) is 31.2 Å². The number of rotatable bonds is 21. The van der Waals surface area contributed by atoms with Gasteiger partial charge in [0.25, 0.3) is 5.91 Å². The minimum absolute atomic E-state index is 0.118. The number of unbranched alkanes of at least 4 members (excludes halogenated alkanes) is 8. The van der Waals surface area contributed by atoms with Gasteiger partial charge in [0, 0.05) is 31.1 Å². The van der Waals surface area contributed by atoms with Crippen LogP contribution in [0.3, 0.4) is 0 Å². The van der Waals surface area contributed by atoms with Gasteiger partial charge in [-0.3, -0.25) is 10.1 Å². The summed E-state index contributed by atoms with van der Waals surface area (Å²) < 4.78 is 21.6. The Hall–Kier alpha value is -1.43. The maximum atomic E-state index is 11.7. The quantitative estimate of drug-likeness (QED) is 0.156. The summed E-state index contributed by atoms with van der Waals surface area (Å²) in [5.74, 6) is 2.91. The lowest BCUT2D eigenvalue weighted by atomic mass is 10.1. The number of amides is 1. The van der Waals surface area contributed by atoms with E-state index in [1.165, 1.54) is 49.9 Å². The number of carbonyl (C=O) groups is 1. The first kappa shape index (κ1) is 28.6. The molecule has 0 aromatic carbocycles. The summed E-state index contributed by atoms with van der Waals surface area (Å²) >= 11 is 1.51. The highest BCUT2D eigenvalue weighted by molar-refractivity contribution is 7.08. The predicted octanol–water partition coefficient (Wildman–Crippen LogP) is 5.04. The van der Waals surface area contributed by atoms with Crippen LogP contribution in [0.2, 0.25) is 0 Å². The molecule has 1 N–H and O–H groups in total. The van der Waals surface area contributed by atoms with E-state index in [0.717, 1.165) is 32.5 Å². The summed E-state index contributed by atoms with van der Waals surface area (Å²) in [5, 5.41) is 6.34. The van der Waals surface area contributed by atoms with Crippen LogP contribution in [-0.4, -0.2) is 58.8 Å². The van der Waals surface area contributed by atoms with Gasteiger partial charge in [-0.25, -0.2) is 0 Å². The molecule has 7 heteroatoms. The maximum Gasteiger partial charge on any atom is 0.263 e. The summed E-state index contributed by atoms with van der Waals surface area (Å²) in [6.45, 7) is 7.28. The highest BCUT2D eigenvalue weighted by Gasteiger charge is 2.02. The zero-order valence-electron chi connectivity index (χ0n) is 19.7. The van der Waals surface area contributed by atoms with Gasteiger partial charge in [-0.15, -0.1) is 0 Å². The van der Waals surface area contributed by atoms with Crippen LogP contribution < -0.4 is 5.32 Å². The normalized spacial score (nSPS) is 10.7. The minimum Gasteiger partial charge on any atom is -0.379 e. The summed E-state index contributed by atoms with van der Waals surface area (Å²) in [7, 11) is 0. The molecule has 0 aliphatic heterocycles. The van der Waals surface area contributed by atoms with Gasteiger partial charge in [0.2, 0.25) is 0 Å². The van der Waals surface area contributed by atoms with Crippen molar-refractivity contribution in [2.75, 3.05) is 52.9 Å². The zero-order valence-corrected chi connectivity index (χ0v) is 20.5. The van der Waals surface area contributed by atoms with Crippen molar-refractivity contribution >= 4 is 17.2 Å². The fourth-order valence-electron chi connectivity index (χ4n) is 2.91. The largest absolute Gasteiger partial charge is 0.379 e. The first-order valence-electron chi connectivity index (χ1n) is 12.0. The molecular formula is C25H41NO5S. The molecule has 0 saturated heterocycles. The monoisotopic (exact) mass is 467 g/mol. The third kappa shape index (κ3) is 18.2. The summed E-state index contributed by atoms with van der Waals surface area (Å²) in [5.41, 5.74) is 0.677. The Morgan fingerprint density at radius 3 is 1.97 bits per heavy atom. The minimum atomic E-state index is -0.118. The standard InChI is InChI=1S/C25H41NO5S/c1-2-28-16-17-30-20-21-31-19-18-29-15-12-10-8-6-4-3-5-7-9-11-14-26-25(27)24-13-22-32-23-24/h13,22-23H,2-10,12,15-21H2,1H3,(H,26,27). The van der Waals surface area contributed by atoms with Crippen molar-refractivity contribution in [3.05, 3.63) is 22.4 Å². The molecule has 6 nitrogen and oxygen atoms in total. The van der Waals surface area contributed by atoms with Gasteiger partial charge in [-0.1, -0.05) is 44.4 Å². The number of hydrogen-bond acceptors (Lipinski definition) is 6. The summed E-state index contributed by atoms with van der Waals surface area (Å²) in [6.07, 6.45) is 10.6. The molecule has 0 radical (unpaired) electrons. The van der Waals surface area contributed by atoms with Gasteiger partial charge in [0.15, 0.2) is 0 Å². The number of ether oxygens (including phenoxy) is 4. The van der Waals surface area contributed by atoms with Crippen LogP contribution in [0.5, 0.6) is 0 Å². The second kappa shape index (κ2) is 22.8. The van der Waals surface area contributed by atoms with E-state index in [4.69, 9.17) is 18.9 Å². The van der Waals surface area contributed by atoms with E-state index < -0.39 is 0 Å². The van der Waals surface area contributed by atoms with Crippen LogP contribution in [0.4, 0.5) is 0 Å². The van der Waals surface area contributed by atoms with Crippen molar-refractivity contribution in [3.8, 4) is 12.0 Å². The van der Waals surface area contributed by atoms with Crippen LogP contribution in [0.25, 0.3) is 0 Å². The van der Waals surface area contributed by atoms with Crippen molar-refractivity contribution in [1.29, 1.82) is 0 Å². The van der Waals surface area contributed by atoms with Gasteiger partial charge >= 0.3 is 0 Å². The summed E-state index contributed by atoms with van der Waals surface area (Å²) in [6, 6.07) is 4.56. The van der Waals surface area contributed by atoms with E-state index in [9.17, 15) is 4.79 Å². The lowest BCUT2D eigenvalue weighted by Gasteiger charge is -2.07. The Kier molecular flexibility index (Phi) is 20.3. The van der Waals surface area contributed by atoms with E-state index in [1.54, 1.807) is 6.07 Å². The number of hydrogen-bond donors (Lipinski definition) is 1. The fourth-order valence-corrected chi connectivity index (χ4v) is 3.55. The molecule has 1 heterocycles. The molecular weight excluding hydrogens is 426 g/mol. The van der Waals surface area contributed by atoms with E-state index in [2.05, 4.69) is 17.3 Å². The molecule has 1 rings (SSSR count).